The molecule has 0 aromatic carbocycles. The summed E-state index contributed by atoms with van der Waals surface area (Å²) in [6.45, 7) is 1.99. The van der Waals surface area contributed by atoms with Crippen LogP contribution < -0.4 is 4.90 Å². The molecule has 5 nitrogen and oxygen atoms in total. The molecule has 2 heterocycles. The maximum absolute atomic E-state index is 11.8. The van der Waals surface area contributed by atoms with Crippen LogP contribution in [0.4, 0.5) is 5.82 Å². The molecule has 1 aliphatic rings. The minimum absolute atomic E-state index is 0.00234. The van der Waals surface area contributed by atoms with Gasteiger partial charge in [0.1, 0.15) is 5.15 Å². The second kappa shape index (κ2) is 5.01. The highest BCUT2D eigenvalue weighted by molar-refractivity contribution is 8.14. The average Bonchev–Trinajstić information content (AvgIpc) is 2.59. The van der Waals surface area contributed by atoms with Crippen LogP contribution in [0.3, 0.4) is 0 Å². The Balaban J connectivity index is 2.10. The van der Waals surface area contributed by atoms with E-state index in [1.807, 2.05) is 0 Å². The molecule has 1 atom stereocenters. The van der Waals surface area contributed by atoms with Gasteiger partial charge < -0.3 is 0 Å². The monoisotopic (exact) mass is 271 g/mol. The van der Waals surface area contributed by atoms with Crippen LogP contribution in [0.1, 0.15) is 13.3 Å². The van der Waals surface area contributed by atoms with E-state index in [1.165, 1.54) is 36.0 Å². The smallest absolute Gasteiger partial charge is 0.229 e. The van der Waals surface area contributed by atoms with Crippen LogP contribution in [0.2, 0.25) is 5.15 Å². The van der Waals surface area contributed by atoms with E-state index < -0.39 is 0 Å². The number of hydrogen-bond donors (Lipinski definition) is 0. The van der Waals surface area contributed by atoms with Gasteiger partial charge in [0.05, 0.1) is 12.4 Å². The van der Waals surface area contributed by atoms with Gasteiger partial charge in [-0.1, -0.05) is 23.4 Å². The molecule has 0 N–H and O–H groups in total. The van der Waals surface area contributed by atoms with Gasteiger partial charge in [-0.05, 0) is 0 Å². The second-order valence-electron chi connectivity index (χ2n) is 3.64. The summed E-state index contributed by atoms with van der Waals surface area (Å²) in [5.74, 6) is 0.437. The van der Waals surface area contributed by atoms with Gasteiger partial charge in [0, 0.05) is 25.1 Å². The Morgan fingerprint density at radius 1 is 1.53 bits per heavy atom. The summed E-state index contributed by atoms with van der Waals surface area (Å²) in [6.07, 6.45) is 3.21. The van der Waals surface area contributed by atoms with Crippen LogP contribution in [0.5, 0.6) is 0 Å². The Morgan fingerprint density at radius 3 is 2.88 bits per heavy atom. The van der Waals surface area contributed by atoms with Gasteiger partial charge in [-0.15, -0.1) is 0 Å². The second-order valence-corrected chi connectivity index (χ2v) is 5.50. The molecule has 0 aliphatic carbocycles. The molecule has 1 unspecified atom stereocenters. The highest BCUT2D eigenvalue weighted by atomic mass is 35.5. The zero-order valence-electron chi connectivity index (χ0n) is 9.09. The van der Waals surface area contributed by atoms with E-state index in [-0.39, 0.29) is 21.4 Å². The first kappa shape index (κ1) is 12.3. The zero-order valence-corrected chi connectivity index (χ0v) is 10.7. The molecule has 7 heteroatoms. The van der Waals surface area contributed by atoms with Crippen molar-refractivity contribution in [3.8, 4) is 0 Å². The fourth-order valence-electron chi connectivity index (χ4n) is 1.65. The number of amides is 1. The third-order valence-electron chi connectivity index (χ3n) is 2.31. The maximum Gasteiger partial charge on any atom is 0.229 e. The largest absolute Gasteiger partial charge is 0.294 e. The van der Waals surface area contributed by atoms with Gasteiger partial charge in [-0.25, -0.2) is 9.97 Å². The van der Waals surface area contributed by atoms with E-state index in [0.29, 0.717) is 18.8 Å². The molecule has 0 bridgehead atoms. The van der Waals surface area contributed by atoms with E-state index in [9.17, 15) is 9.59 Å². The molecule has 0 radical (unpaired) electrons. The summed E-state index contributed by atoms with van der Waals surface area (Å²) in [6, 6.07) is 0. The number of halogens is 1. The number of thioether (sulfide) groups is 1. The van der Waals surface area contributed by atoms with E-state index in [1.54, 1.807) is 0 Å². The van der Waals surface area contributed by atoms with Crippen molar-refractivity contribution in [3.63, 3.8) is 0 Å². The Bertz CT molecular complexity index is 451. The molecule has 2 rings (SSSR count). The molecule has 0 spiro atoms. The van der Waals surface area contributed by atoms with Crippen molar-refractivity contribution < 1.29 is 9.59 Å². The summed E-state index contributed by atoms with van der Waals surface area (Å²) >= 11 is 6.82. The van der Waals surface area contributed by atoms with Gasteiger partial charge in [-0.2, -0.15) is 0 Å². The molecule has 1 amide bonds. The summed E-state index contributed by atoms with van der Waals surface area (Å²) < 4.78 is 0. The third kappa shape index (κ3) is 2.95. The summed E-state index contributed by atoms with van der Waals surface area (Å²) in [7, 11) is 0. The molecule has 17 heavy (non-hydrogen) atoms. The molecule has 1 saturated heterocycles. The van der Waals surface area contributed by atoms with Crippen LogP contribution in [0, 0.1) is 0 Å². The van der Waals surface area contributed by atoms with E-state index in [0.717, 1.165) is 0 Å². The third-order valence-corrected chi connectivity index (χ3v) is 3.48. The van der Waals surface area contributed by atoms with Gasteiger partial charge in [0.25, 0.3) is 0 Å². The lowest BCUT2D eigenvalue weighted by atomic mass is 10.4. The number of anilines is 1. The Kier molecular flexibility index (Phi) is 3.63. The number of carbonyl (C=O) groups is 2. The lowest BCUT2D eigenvalue weighted by molar-refractivity contribution is -0.117. The van der Waals surface area contributed by atoms with Crippen LogP contribution in [0.15, 0.2) is 12.4 Å². The van der Waals surface area contributed by atoms with E-state index in [2.05, 4.69) is 9.97 Å². The Hall–Kier alpha value is -1.14. The first-order valence-corrected chi connectivity index (χ1v) is 6.27. The molecule has 1 aliphatic heterocycles. The van der Waals surface area contributed by atoms with Crippen molar-refractivity contribution >= 4 is 40.2 Å². The zero-order chi connectivity index (χ0) is 12.4. The first-order chi connectivity index (χ1) is 8.06. The van der Waals surface area contributed by atoms with Crippen LogP contribution in [0.25, 0.3) is 0 Å². The summed E-state index contributed by atoms with van der Waals surface area (Å²) in [5.41, 5.74) is 0. The maximum atomic E-state index is 11.8. The minimum Gasteiger partial charge on any atom is -0.294 e. The van der Waals surface area contributed by atoms with E-state index in [4.69, 9.17) is 11.6 Å². The molecular weight excluding hydrogens is 262 g/mol. The predicted molar refractivity (Wildman–Crippen MR) is 66.1 cm³/mol. The molecular formula is C10H10ClN3O2S. The highest BCUT2D eigenvalue weighted by Crippen LogP contribution is 2.27. The van der Waals surface area contributed by atoms with Crippen molar-refractivity contribution in [2.45, 2.75) is 18.6 Å². The van der Waals surface area contributed by atoms with E-state index >= 15 is 0 Å². The number of hydrogen-bond acceptors (Lipinski definition) is 5. The number of rotatable bonds is 2. The quantitative estimate of drug-likeness (QED) is 0.816. The average molecular weight is 272 g/mol. The highest BCUT2D eigenvalue weighted by Gasteiger charge is 2.32. The van der Waals surface area contributed by atoms with Crippen molar-refractivity contribution in [2.75, 3.05) is 11.4 Å². The standard InChI is InChI=1S/C10H10ClN3O2S/c1-6(15)17-7-2-10(16)14(5-7)9-4-12-8(11)3-13-9/h3-4,7H,2,5H2,1H3. The molecule has 0 saturated carbocycles. The number of carbonyl (C=O) groups excluding carboxylic acids is 2. The topological polar surface area (TPSA) is 63.2 Å². The number of aromatic nitrogens is 2. The Morgan fingerprint density at radius 2 is 2.29 bits per heavy atom. The normalized spacial score (nSPS) is 19.8. The lowest BCUT2D eigenvalue weighted by Crippen LogP contribution is -2.26. The van der Waals surface area contributed by atoms with Crippen molar-refractivity contribution in [2.24, 2.45) is 0 Å². The van der Waals surface area contributed by atoms with Crippen molar-refractivity contribution in [1.29, 1.82) is 0 Å². The lowest BCUT2D eigenvalue weighted by Gasteiger charge is -2.14. The Labute approximate surface area is 108 Å². The van der Waals surface area contributed by atoms with Gasteiger partial charge in [-0.3, -0.25) is 14.5 Å². The van der Waals surface area contributed by atoms with Crippen molar-refractivity contribution in [1.82, 2.24) is 9.97 Å². The van der Waals surface area contributed by atoms with Gasteiger partial charge >= 0.3 is 0 Å². The van der Waals surface area contributed by atoms with Gasteiger partial charge in [0.2, 0.25) is 5.91 Å². The number of nitrogens with zero attached hydrogens (tertiary/aromatic N) is 3. The van der Waals surface area contributed by atoms with Crippen LogP contribution in [-0.4, -0.2) is 32.8 Å². The minimum atomic E-state index is -0.0413. The van der Waals surface area contributed by atoms with Crippen LogP contribution >= 0.6 is 23.4 Å². The first-order valence-electron chi connectivity index (χ1n) is 5.01. The fraction of sp³-hybridized carbons (Fsp3) is 0.400. The summed E-state index contributed by atoms with van der Waals surface area (Å²) in [4.78, 5) is 32.2. The molecule has 90 valence electrons. The SMILES string of the molecule is CC(=O)SC1CC(=O)N(c2cnc(Cl)cn2)C1. The molecule has 1 aromatic heterocycles. The fourth-order valence-corrected chi connectivity index (χ4v) is 2.67. The van der Waals surface area contributed by atoms with Gasteiger partial charge in [0.15, 0.2) is 10.9 Å². The molecule has 1 aromatic rings. The molecule has 1 fully saturated rings. The van der Waals surface area contributed by atoms with Crippen LogP contribution in [-0.2, 0) is 9.59 Å². The van der Waals surface area contributed by atoms with Crippen molar-refractivity contribution in [3.05, 3.63) is 17.5 Å². The predicted octanol–water partition coefficient (Wildman–Crippen LogP) is 1.51. The summed E-state index contributed by atoms with van der Waals surface area (Å²) in [5, 5.41) is 0.305.